The first kappa shape index (κ1) is 13.6. The van der Waals surface area contributed by atoms with E-state index in [1.807, 2.05) is 6.26 Å². The van der Waals surface area contributed by atoms with Gasteiger partial charge >= 0.3 is 0 Å². The van der Waals surface area contributed by atoms with Gasteiger partial charge in [-0.2, -0.15) is 11.8 Å². The number of carbonyl (C=O) groups excluding carboxylic acids is 1. The summed E-state index contributed by atoms with van der Waals surface area (Å²) >= 11 is 3.81. The summed E-state index contributed by atoms with van der Waals surface area (Å²) in [5.74, 6) is 0.805. The van der Waals surface area contributed by atoms with Gasteiger partial charge < -0.3 is 10.0 Å². The predicted octanol–water partition coefficient (Wildman–Crippen LogP) is 2.43. The molecule has 1 rings (SSSR count). The minimum Gasteiger partial charge on any atom is -0.507 e. The molecule has 0 aromatic heterocycles. The van der Waals surface area contributed by atoms with E-state index in [-0.39, 0.29) is 11.7 Å². The van der Waals surface area contributed by atoms with Gasteiger partial charge in [-0.1, -0.05) is 0 Å². The Morgan fingerprint density at radius 3 is 2.88 bits per heavy atom. The summed E-state index contributed by atoms with van der Waals surface area (Å²) in [6, 6.07) is 5.03. The van der Waals surface area contributed by atoms with E-state index in [1.165, 1.54) is 0 Å². The Balaban J connectivity index is 2.83. The van der Waals surface area contributed by atoms with E-state index in [0.717, 1.165) is 9.32 Å². The molecule has 0 spiro atoms. The Bertz CT molecular complexity index is 384. The lowest BCUT2D eigenvalue weighted by atomic mass is 10.2. The van der Waals surface area contributed by atoms with Crippen LogP contribution in [0.2, 0.25) is 0 Å². The molecular weight excluding hydrogens is 337 g/mol. The van der Waals surface area contributed by atoms with Gasteiger partial charge in [-0.15, -0.1) is 0 Å². The highest BCUT2D eigenvalue weighted by Crippen LogP contribution is 2.21. The van der Waals surface area contributed by atoms with Crippen molar-refractivity contribution in [1.29, 1.82) is 0 Å². The van der Waals surface area contributed by atoms with Crippen LogP contribution in [0.5, 0.6) is 5.75 Å². The van der Waals surface area contributed by atoms with Gasteiger partial charge in [0.15, 0.2) is 0 Å². The molecule has 1 aromatic carbocycles. The van der Waals surface area contributed by atoms with Crippen molar-refractivity contribution in [2.24, 2.45) is 0 Å². The molecule has 0 unspecified atom stereocenters. The molecule has 16 heavy (non-hydrogen) atoms. The van der Waals surface area contributed by atoms with Crippen LogP contribution in [0.3, 0.4) is 0 Å². The zero-order chi connectivity index (χ0) is 12.1. The molecule has 0 bridgehead atoms. The van der Waals surface area contributed by atoms with Crippen LogP contribution < -0.4 is 0 Å². The number of halogens is 1. The molecule has 0 radical (unpaired) electrons. The predicted molar refractivity (Wildman–Crippen MR) is 76.2 cm³/mol. The van der Waals surface area contributed by atoms with Crippen molar-refractivity contribution >= 4 is 40.3 Å². The van der Waals surface area contributed by atoms with Gasteiger partial charge in [-0.3, -0.25) is 4.79 Å². The molecule has 3 nitrogen and oxygen atoms in total. The molecule has 0 aliphatic carbocycles. The van der Waals surface area contributed by atoms with E-state index in [9.17, 15) is 9.90 Å². The number of rotatable bonds is 4. The molecule has 0 fully saturated rings. The second-order valence-corrected chi connectivity index (χ2v) is 5.61. The summed E-state index contributed by atoms with van der Waals surface area (Å²) in [7, 11) is 1.75. The number of phenolic OH excluding ortho intramolecular Hbond substituents is 1. The van der Waals surface area contributed by atoms with Crippen LogP contribution in [0.25, 0.3) is 0 Å². The monoisotopic (exact) mass is 351 g/mol. The zero-order valence-electron chi connectivity index (χ0n) is 9.24. The molecule has 5 heteroatoms. The summed E-state index contributed by atoms with van der Waals surface area (Å²) in [5, 5.41) is 9.62. The Morgan fingerprint density at radius 2 is 2.25 bits per heavy atom. The number of carbonyl (C=O) groups is 1. The number of hydrogen-bond donors (Lipinski definition) is 1. The van der Waals surface area contributed by atoms with Crippen LogP contribution in [-0.4, -0.2) is 41.5 Å². The van der Waals surface area contributed by atoms with Crippen LogP contribution in [0.1, 0.15) is 10.4 Å². The molecular formula is C11H14INO2S. The maximum atomic E-state index is 12.0. The van der Waals surface area contributed by atoms with Gasteiger partial charge in [0.1, 0.15) is 5.75 Å². The van der Waals surface area contributed by atoms with Crippen molar-refractivity contribution in [3.05, 3.63) is 27.3 Å². The van der Waals surface area contributed by atoms with Gasteiger partial charge in [0, 0.05) is 22.9 Å². The lowest BCUT2D eigenvalue weighted by molar-refractivity contribution is 0.0800. The standard InChI is InChI=1S/C11H14INO2S/c1-13(5-6-16-2)11(15)9-7-8(12)3-4-10(9)14/h3-4,7,14H,5-6H2,1-2H3. The molecule has 0 saturated heterocycles. The molecule has 1 amide bonds. The van der Waals surface area contributed by atoms with Gasteiger partial charge in [0.2, 0.25) is 0 Å². The van der Waals surface area contributed by atoms with E-state index in [4.69, 9.17) is 0 Å². The van der Waals surface area contributed by atoms with E-state index in [0.29, 0.717) is 12.1 Å². The van der Waals surface area contributed by atoms with Crippen molar-refractivity contribution in [3.63, 3.8) is 0 Å². The van der Waals surface area contributed by atoms with Gasteiger partial charge in [-0.05, 0) is 47.0 Å². The van der Waals surface area contributed by atoms with Gasteiger partial charge in [0.25, 0.3) is 5.91 Å². The average Bonchev–Trinajstić information content (AvgIpc) is 2.28. The minimum atomic E-state index is -0.134. The number of benzene rings is 1. The van der Waals surface area contributed by atoms with Crippen LogP contribution in [0.4, 0.5) is 0 Å². The minimum absolute atomic E-state index is 0.0430. The highest BCUT2D eigenvalue weighted by molar-refractivity contribution is 14.1. The third kappa shape index (κ3) is 3.55. The molecule has 0 aliphatic heterocycles. The first-order valence-electron chi connectivity index (χ1n) is 4.79. The second-order valence-electron chi connectivity index (χ2n) is 3.38. The van der Waals surface area contributed by atoms with E-state index >= 15 is 0 Å². The second kappa shape index (κ2) is 6.34. The third-order valence-electron chi connectivity index (χ3n) is 2.17. The van der Waals surface area contributed by atoms with E-state index < -0.39 is 0 Å². The molecule has 88 valence electrons. The third-order valence-corrected chi connectivity index (χ3v) is 3.43. The maximum absolute atomic E-state index is 12.0. The number of thioether (sulfide) groups is 1. The Hall–Kier alpha value is -0.430. The highest BCUT2D eigenvalue weighted by atomic mass is 127. The zero-order valence-corrected chi connectivity index (χ0v) is 12.2. The molecule has 1 N–H and O–H groups in total. The molecule has 0 atom stereocenters. The molecule has 0 aliphatic rings. The Morgan fingerprint density at radius 1 is 1.56 bits per heavy atom. The Kier molecular flexibility index (Phi) is 5.40. The summed E-state index contributed by atoms with van der Waals surface area (Å²) < 4.78 is 0.942. The number of aromatic hydroxyl groups is 1. The summed E-state index contributed by atoms with van der Waals surface area (Å²) in [6.07, 6.45) is 2.00. The topological polar surface area (TPSA) is 40.5 Å². The lowest BCUT2D eigenvalue weighted by Crippen LogP contribution is -2.29. The van der Waals surface area contributed by atoms with Crippen molar-refractivity contribution in [1.82, 2.24) is 4.90 Å². The van der Waals surface area contributed by atoms with Crippen molar-refractivity contribution < 1.29 is 9.90 Å². The van der Waals surface area contributed by atoms with Crippen LogP contribution in [0.15, 0.2) is 18.2 Å². The fourth-order valence-corrected chi connectivity index (χ4v) is 2.16. The van der Waals surface area contributed by atoms with Crippen LogP contribution in [0, 0.1) is 3.57 Å². The fourth-order valence-electron chi connectivity index (χ4n) is 1.21. The SMILES string of the molecule is CSCCN(C)C(=O)c1cc(I)ccc1O. The van der Waals surface area contributed by atoms with Crippen molar-refractivity contribution in [2.75, 3.05) is 25.6 Å². The van der Waals surface area contributed by atoms with E-state index in [1.54, 1.807) is 41.9 Å². The average molecular weight is 351 g/mol. The normalized spacial score (nSPS) is 10.2. The highest BCUT2D eigenvalue weighted by Gasteiger charge is 2.15. The Labute approximate surface area is 113 Å². The van der Waals surface area contributed by atoms with Gasteiger partial charge in [-0.25, -0.2) is 0 Å². The summed E-state index contributed by atoms with van der Waals surface area (Å²) in [5.41, 5.74) is 0.371. The number of nitrogens with zero attached hydrogens (tertiary/aromatic N) is 1. The fraction of sp³-hybridized carbons (Fsp3) is 0.364. The van der Waals surface area contributed by atoms with E-state index in [2.05, 4.69) is 22.6 Å². The largest absolute Gasteiger partial charge is 0.507 e. The molecule has 0 saturated carbocycles. The van der Waals surface area contributed by atoms with Crippen molar-refractivity contribution in [3.8, 4) is 5.75 Å². The summed E-state index contributed by atoms with van der Waals surface area (Å²) in [4.78, 5) is 13.6. The maximum Gasteiger partial charge on any atom is 0.257 e. The first-order chi connectivity index (χ1) is 7.56. The number of amides is 1. The van der Waals surface area contributed by atoms with Crippen molar-refractivity contribution in [2.45, 2.75) is 0 Å². The smallest absolute Gasteiger partial charge is 0.257 e. The van der Waals surface area contributed by atoms with Gasteiger partial charge in [0.05, 0.1) is 5.56 Å². The number of hydrogen-bond acceptors (Lipinski definition) is 3. The van der Waals surface area contributed by atoms with Crippen LogP contribution in [-0.2, 0) is 0 Å². The number of phenols is 1. The van der Waals surface area contributed by atoms with Crippen LogP contribution >= 0.6 is 34.4 Å². The quantitative estimate of drug-likeness (QED) is 0.848. The first-order valence-corrected chi connectivity index (χ1v) is 7.26. The molecule has 1 aromatic rings. The summed E-state index contributed by atoms with van der Waals surface area (Å²) in [6.45, 7) is 0.685. The molecule has 0 heterocycles. The lowest BCUT2D eigenvalue weighted by Gasteiger charge is -2.17.